The first kappa shape index (κ1) is 12.4. The van der Waals surface area contributed by atoms with Gasteiger partial charge in [0, 0.05) is 0 Å². The zero-order valence-corrected chi connectivity index (χ0v) is 10.9. The van der Waals surface area contributed by atoms with E-state index in [-0.39, 0.29) is 6.04 Å². The number of rotatable bonds is 4. The minimum atomic E-state index is -0.378. The number of H-pyrrole nitrogens is 1. The van der Waals surface area contributed by atoms with Crippen LogP contribution in [-0.2, 0) is 0 Å². The molecular formula is C14H14N4O2. The van der Waals surface area contributed by atoms with Gasteiger partial charge in [0.25, 0.3) is 0 Å². The Morgan fingerprint density at radius 1 is 1.25 bits per heavy atom. The maximum absolute atomic E-state index is 6.17. The summed E-state index contributed by atoms with van der Waals surface area (Å²) in [5.41, 5.74) is 7.09. The van der Waals surface area contributed by atoms with Crippen molar-refractivity contribution in [3.05, 3.63) is 54.0 Å². The third-order valence-electron chi connectivity index (χ3n) is 3.01. The number of hydrogen-bond donors (Lipinski definition) is 2. The highest BCUT2D eigenvalue weighted by molar-refractivity contribution is 5.45. The number of ether oxygens (including phenoxy) is 1. The number of nitrogens with zero attached hydrogens (tertiary/aromatic N) is 2. The van der Waals surface area contributed by atoms with Crippen molar-refractivity contribution < 1.29 is 9.15 Å². The molecule has 6 heteroatoms. The van der Waals surface area contributed by atoms with Gasteiger partial charge in [-0.05, 0) is 29.8 Å². The fraction of sp³-hybridized carbons (Fsp3) is 0.143. The van der Waals surface area contributed by atoms with Crippen molar-refractivity contribution in [2.45, 2.75) is 6.04 Å². The number of aromatic nitrogens is 3. The lowest BCUT2D eigenvalue weighted by molar-refractivity contribution is 0.414. The van der Waals surface area contributed by atoms with E-state index in [1.54, 1.807) is 25.5 Å². The second kappa shape index (κ2) is 5.18. The monoisotopic (exact) mass is 270 g/mol. The molecule has 0 saturated carbocycles. The average Bonchev–Trinajstić information content (AvgIpc) is 3.17. The molecule has 6 nitrogen and oxygen atoms in total. The molecule has 0 fully saturated rings. The summed E-state index contributed by atoms with van der Waals surface area (Å²) < 4.78 is 10.4. The largest absolute Gasteiger partial charge is 0.497 e. The van der Waals surface area contributed by atoms with Gasteiger partial charge < -0.3 is 14.9 Å². The van der Waals surface area contributed by atoms with Crippen LogP contribution in [-0.4, -0.2) is 22.3 Å². The van der Waals surface area contributed by atoms with Crippen molar-refractivity contribution in [3.63, 3.8) is 0 Å². The number of nitrogens with one attached hydrogen (secondary N) is 1. The van der Waals surface area contributed by atoms with Gasteiger partial charge in [-0.2, -0.15) is 0 Å². The molecule has 102 valence electrons. The van der Waals surface area contributed by atoms with Crippen molar-refractivity contribution in [2.24, 2.45) is 5.73 Å². The zero-order valence-electron chi connectivity index (χ0n) is 10.9. The van der Waals surface area contributed by atoms with Crippen LogP contribution in [0.3, 0.4) is 0 Å². The van der Waals surface area contributed by atoms with E-state index in [9.17, 15) is 0 Å². The van der Waals surface area contributed by atoms with Gasteiger partial charge in [-0.15, -0.1) is 5.10 Å². The summed E-state index contributed by atoms with van der Waals surface area (Å²) in [5, 5.41) is 6.95. The van der Waals surface area contributed by atoms with Crippen LogP contribution in [0.1, 0.15) is 17.4 Å². The maximum atomic E-state index is 6.17. The van der Waals surface area contributed by atoms with E-state index in [1.165, 1.54) is 0 Å². The van der Waals surface area contributed by atoms with Crippen molar-refractivity contribution in [1.29, 1.82) is 0 Å². The van der Waals surface area contributed by atoms with Crippen LogP contribution in [0, 0.1) is 0 Å². The van der Waals surface area contributed by atoms with Crippen LogP contribution in [0.15, 0.2) is 47.1 Å². The highest BCUT2D eigenvalue weighted by atomic mass is 16.5. The van der Waals surface area contributed by atoms with Gasteiger partial charge in [0.2, 0.25) is 5.82 Å². The van der Waals surface area contributed by atoms with Crippen LogP contribution < -0.4 is 10.5 Å². The second-order valence-electron chi connectivity index (χ2n) is 4.27. The van der Waals surface area contributed by atoms with Crippen LogP contribution in [0.4, 0.5) is 0 Å². The van der Waals surface area contributed by atoms with E-state index >= 15 is 0 Å². The Balaban J connectivity index is 1.84. The van der Waals surface area contributed by atoms with Crippen LogP contribution >= 0.6 is 0 Å². The van der Waals surface area contributed by atoms with E-state index in [0.717, 1.165) is 11.3 Å². The molecule has 0 aliphatic carbocycles. The van der Waals surface area contributed by atoms with E-state index in [1.807, 2.05) is 24.3 Å². The molecule has 0 spiro atoms. The zero-order chi connectivity index (χ0) is 13.9. The molecule has 1 atom stereocenters. The molecule has 3 aromatic rings. The van der Waals surface area contributed by atoms with E-state index in [2.05, 4.69) is 15.2 Å². The van der Waals surface area contributed by atoms with Crippen molar-refractivity contribution >= 4 is 0 Å². The third-order valence-corrected chi connectivity index (χ3v) is 3.01. The summed E-state index contributed by atoms with van der Waals surface area (Å²) in [7, 11) is 1.63. The van der Waals surface area contributed by atoms with E-state index in [0.29, 0.717) is 17.4 Å². The van der Waals surface area contributed by atoms with Gasteiger partial charge in [-0.3, -0.25) is 5.10 Å². The lowest BCUT2D eigenvalue weighted by Gasteiger charge is -2.09. The lowest BCUT2D eigenvalue weighted by atomic mass is 10.1. The molecule has 0 saturated heterocycles. The van der Waals surface area contributed by atoms with Gasteiger partial charge >= 0.3 is 0 Å². The quantitative estimate of drug-likeness (QED) is 0.757. The Labute approximate surface area is 115 Å². The minimum Gasteiger partial charge on any atom is -0.497 e. The summed E-state index contributed by atoms with van der Waals surface area (Å²) in [6.07, 6.45) is 1.58. The summed E-state index contributed by atoms with van der Waals surface area (Å²) in [6, 6.07) is 10.7. The fourth-order valence-corrected chi connectivity index (χ4v) is 1.90. The van der Waals surface area contributed by atoms with Crippen LogP contribution in [0.2, 0.25) is 0 Å². The fourth-order valence-electron chi connectivity index (χ4n) is 1.90. The van der Waals surface area contributed by atoms with Crippen LogP contribution in [0.5, 0.6) is 5.75 Å². The maximum Gasteiger partial charge on any atom is 0.216 e. The Kier molecular flexibility index (Phi) is 3.22. The molecule has 3 rings (SSSR count). The minimum absolute atomic E-state index is 0.378. The molecule has 0 bridgehead atoms. The molecule has 3 N–H and O–H groups in total. The molecule has 0 unspecified atom stereocenters. The lowest BCUT2D eigenvalue weighted by Crippen LogP contribution is -2.13. The van der Waals surface area contributed by atoms with Gasteiger partial charge in [-0.25, -0.2) is 4.98 Å². The van der Waals surface area contributed by atoms with Gasteiger partial charge in [0.15, 0.2) is 5.76 Å². The summed E-state index contributed by atoms with van der Waals surface area (Å²) in [6.45, 7) is 0. The molecule has 1 aromatic carbocycles. The van der Waals surface area contributed by atoms with Gasteiger partial charge in [0.05, 0.1) is 19.4 Å². The predicted molar refractivity (Wildman–Crippen MR) is 73.1 cm³/mol. The highest BCUT2D eigenvalue weighted by Crippen LogP contribution is 2.22. The Morgan fingerprint density at radius 3 is 2.70 bits per heavy atom. The van der Waals surface area contributed by atoms with Gasteiger partial charge in [0.1, 0.15) is 11.6 Å². The van der Waals surface area contributed by atoms with Crippen molar-refractivity contribution in [3.8, 4) is 17.3 Å². The number of aromatic amines is 1. The van der Waals surface area contributed by atoms with Crippen molar-refractivity contribution in [2.75, 3.05) is 7.11 Å². The summed E-state index contributed by atoms with van der Waals surface area (Å²) >= 11 is 0. The standard InChI is InChI=1S/C14H14N4O2/c1-19-10-6-4-9(5-7-10)12(15)14-16-13(17-18-14)11-3-2-8-20-11/h2-8,12H,15H2,1H3,(H,16,17,18)/t12-/m1/s1. The average molecular weight is 270 g/mol. The highest BCUT2D eigenvalue weighted by Gasteiger charge is 2.15. The number of methoxy groups -OCH3 is 1. The van der Waals surface area contributed by atoms with Crippen LogP contribution in [0.25, 0.3) is 11.6 Å². The molecule has 0 aliphatic heterocycles. The molecule has 20 heavy (non-hydrogen) atoms. The number of nitrogens with two attached hydrogens (primary N) is 1. The molecule has 0 radical (unpaired) electrons. The number of benzene rings is 1. The Hall–Kier alpha value is -2.60. The first-order valence-electron chi connectivity index (χ1n) is 6.13. The number of hydrogen-bond acceptors (Lipinski definition) is 5. The summed E-state index contributed by atoms with van der Waals surface area (Å²) in [4.78, 5) is 4.35. The molecule has 2 heterocycles. The Morgan fingerprint density at radius 2 is 2.05 bits per heavy atom. The van der Waals surface area contributed by atoms with E-state index in [4.69, 9.17) is 14.9 Å². The summed E-state index contributed by atoms with van der Waals surface area (Å²) in [5.74, 6) is 2.47. The topological polar surface area (TPSA) is 90.0 Å². The predicted octanol–water partition coefficient (Wildman–Crippen LogP) is 2.12. The SMILES string of the molecule is COc1ccc([C@@H](N)c2nc(-c3ccco3)n[nH]2)cc1. The molecule has 0 amide bonds. The molecule has 0 aliphatic rings. The Bertz CT molecular complexity index is 674. The van der Waals surface area contributed by atoms with E-state index < -0.39 is 0 Å². The second-order valence-corrected chi connectivity index (χ2v) is 4.27. The first-order valence-corrected chi connectivity index (χ1v) is 6.13. The third kappa shape index (κ3) is 2.28. The van der Waals surface area contributed by atoms with Crippen molar-refractivity contribution in [1.82, 2.24) is 15.2 Å². The normalized spacial score (nSPS) is 12.3. The molecular weight excluding hydrogens is 256 g/mol. The molecule has 2 aromatic heterocycles. The number of furan rings is 1. The van der Waals surface area contributed by atoms with Gasteiger partial charge in [-0.1, -0.05) is 12.1 Å². The smallest absolute Gasteiger partial charge is 0.216 e. The first-order chi connectivity index (χ1) is 9.78.